The average Bonchev–Trinajstić information content (AvgIpc) is 3.35. The van der Waals surface area contributed by atoms with E-state index >= 15 is 0 Å². The molecule has 1 aromatic rings. The molecule has 0 aromatic heterocycles. The van der Waals surface area contributed by atoms with Crippen LogP contribution in [0.2, 0.25) is 0 Å². The fraction of sp³-hybridized carbons (Fsp3) is 0.500. The van der Waals surface area contributed by atoms with Crippen LogP contribution in [0.5, 0.6) is 5.75 Å². The van der Waals surface area contributed by atoms with Crippen LogP contribution in [0.4, 0.5) is 0 Å². The summed E-state index contributed by atoms with van der Waals surface area (Å²) >= 11 is 0. The van der Waals surface area contributed by atoms with E-state index in [4.69, 9.17) is 0 Å². The number of fused-ring (bicyclic) bond motifs is 3. The molecule has 5 atom stereocenters. The number of hydrogen-bond acceptors (Lipinski definition) is 8. The molecule has 8 nitrogen and oxygen atoms in total. The number of ketones is 4. The predicted molar refractivity (Wildman–Crippen MR) is 166 cm³/mol. The second kappa shape index (κ2) is 9.86. The third-order valence-electron chi connectivity index (χ3n) is 10.2. The number of aliphatic hydroxyl groups excluding tert-OH is 2. The second-order valence-corrected chi connectivity index (χ2v) is 15.1. The van der Waals surface area contributed by atoms with E-state index in [1.54, 1.807) is 33.8 Å². The molecule has 0 saturated heterocycles. The third-order valence-corrected chi connectivity index (χ3v) is 10.2. The third kappa shape index (κ3) is 4.20. The Hall–Kier alpha value is -3.78. The molecule has 0 radical (unpaired) electrons. The number of aliphatic hydroxyl groups is 3. The normalized spacial score (nSPS) is 31.6. The minimum absolute atomic E-state index is 0.00365. The van der Waals surface area contributed by atoms with Gasteiger partial charge in [-0.15, -0.1) is 0 Å². The molecule has 0 heterocycles. The number of hydrogen-bond donors (Lipinski definition) is 4. The van der Waals surface area contributed by atoms with Gasteiger partial charge in [0.25, 0.3) is 0 Å². The van der Waals surface area contributed by atoms with E-state index in [-0.39, 0.29) is 40.9 Å². The van der Waals surface area contributed by atoms with Gasteiger partial charge in [-0.25, -0.2) is 0 Å². The zero-order valence-electron chi connectivity index (χ0n) is 26.7. The minimum Gasteiger partial charge on any atom is -0.508 e. The molecule has 0 bridgehead atoms. The number of benzene rings is 1. The van der Waals surface area contributed by atoms with Gasteiger partial charge < -0.3 is 20.4 Å². The lowest BCUT2D eigenvalue weighted by molar-refractivity contribution is -0.178. The second-order valence-electron chi connectivity index (χ2n) is 15.1. The van der Waals surface area contributed by atoms with E-state index in [1.807, 2.05) is 39.0 Å². The van der Waals surface area contributed by atoms with Crippen molar-refractivity contribution >= 4 is 34.5 Å². The first-order valence-corrected chi connectivity index (χ1v) is 15.2. The van der Waals surface area contributed by atoms with Crippen molar-refractivity contribution in [2.24, 2.45) is 34.0 Å². The highest BCUT2D eigenvalue weighted by atomic mass is 16.3. The number of rotatable bonds is 5. The Labute approximate surface area is 257 Å². The van der Waals surface area contributed by atoms with E-state index in [2.05, 4.69) is 0 Å². The van der Waals surface area contributed by atoms with Gasteiger partial charge >= 0.3 is 0 Å². The lowest BCUT2D eigenvalue weighted by Gasteiger charge is -2.59. The first-order chi connectivity index (χ1) is 20.2. The molecule has 5 rings (SSSR count). The molecule has 1 fully saturated rings. The molecular weight excluding hydrogens is 560 g/mol. The molecule has 8 heteroatoms. The highest BCUT2D eigenvalue weighted by Gasteiger charge is 2.72. The van der Waals surface area contributed by atoms with Crippen LogP contribution in [0.15, 0.2) is 47.3 Å². The molecular formula is C36H42O8. The topological polar surface area (TPSA) is 149 Å². The average molecular weight is 603 g/mol. The zero-order chi connectivity index (χ0) is 32.9. The van der Waals surface area contributed by atoms with Crippen molar-refractivity contribution in [1.82, 2.24) is 0 Å². The molecule has 0 aliphatic heterocycles. The smallest absolute Gasteiger partial charge is 0.203 e. The minimum atomic E-state index is -2.66. The molecule has 1 saturated carbocycles. The summed E-state index contributed by atoms with van der Waals surface area (Å²) in [5.41, 5.74) is -4.40. The van der Waals surface area contributed by atoms with E-state index in [0.717, 1.165) is 12.5 Å². The molecule has 4 N–H and O–H groups in total. The van der Waals surface area contributed by atoms with Gasteiger partial charge in [0.15, 0.2) is 17.2 Å². The van der Waals surface area contributed by atoms with Gasteiger partial charge in [0.1, 0.15) is 28.6 Å². The van der Waals surface area contributed by atoms with E-state index in [0.29, 0.717) is 17.5 Å². The van der Waals surface area contributed by atoms with Crippen LogP contribution in [0, 0.1) is 34.0 Å². The molecule has 4 aliphatic carbocycles. The van der Waals surface area contributed by atoms with Crippen molar-refractivity contribution in [3.8, 4) is 5.75 Å². The van der Waals surface area contributed by atoms with Gasteiger partial charge in [-0.1, -0.05) is 72.8 Å². The van der Waals surface area contributed by atoms with Gasteiger partial charge in [0, 0.05) is 28.7 Å². The number of phenols is 1. The van der Waals surface area contributed by atoms with Crippen molar-refractivity contribution in [3.63, 3.8) is 0 Å². The Balaban J connectivity index is 1.74. The summed E-state index contributed by atoms with van der Waals surface area (Å²) in [6.45, 7) is 14.0. The van der Waals surface area contributed by atoms with Gasteiger partial charge in [-0.3, -0.25) is 19.2 Å². The summed E-state index contributed by atoms with van der Waals surface area (Å²) in [6, 6.07) is 3.12. The summed E-state index contributed by atoms with van der Waals surface area (Å²) < 4.78 is 0. The fourth-order valence-electron chi connectivity index (χ4n) is 8.64. The van der Waals surface area contributed by atoms with Gasteiger partial charge in [0.2, 0.25) is 5.78 Å². The Bertz CT molecular complexity index is 1660. The molecule has 0 spiro atoms. The lowest BCUT2D eigenvalue weighted by atomic mass is 9.43. The quantitative estimate of drug-likeness (QED) is 0.311. The summed E-state index contributed by atoms with van der Waals surface area (Å²) in [5.74, 6) is -6.08. The molecule has 2 unspecified atom stereocenters. The highest BCUT2D eigenvalue weighted by Crippen LogP contribution is 2.65. The van der Waals surface area contributed by atoms with E-state index < -0.39 is 68.6 Å². The predicted octanol–water partition coefficient (Wildman–Crippen LogP) is 5.76. The maximum absolute atomic E-state index is 14.5. The van der Waals surface area contributed by atoms with Gasteiger partial charge in [-0.2, -0.15) is 0 Å². The standard InChI is InChI=1S/C36H42O8/c1-17(2)27-29(40)25(18(3)37)31(42)36(44)32(43)28-30(41)26-22(14-34(28,7)16-35(27,36)8)20(12-13-23(26)38)19-10-9-11-21(19)24(39)15-33(4,5)6/h9-13,17,21,27,38,41-42,44H,14-16H2,1-8H3/t21?,27?,34-,35-,36+/m1/s1. The number of carbonyl (C=O) groups is 4. The maximum atomic E-state index is 14.5. The largest absolute Gasteiger partial charge is 0.508 e. The van der Waals surface area contributed by atoms with Crippen molar-refractivity contribution in [3.05, 3.63) is 64.0 Å². The van der Waals surface area contributed by atoms with Gasteiger partial charge in [-0.05, 0) is 53.9 Å². The Morgan fingerprint density at radius 1 is 1.07 bits per heavy atom. The number of Topliss-reactive ketones (excluding diaryl/α,β-unsaturated/α-hetero) is 4. The Morgan fingerprint density at radius 2 is 1.70 bits per heavy atom. The van der Waals surface area contributed by atoms with Crippen LogP contribution in [-0.2, 0) is 25.6 Å². The van der Waals surface area contributed by atoms with Crippen molar-refractivity contribution in [2.45, 2.75) is 80.3 Å². The number of phenolic OH excluding ortho intramolecular Hbond substituents is 1. The van der Waals surface area contributed by atoms with Gasteiger partial charge in [0.05, 0.1) is 11.5 Å². The van der Waals surface area contributed by atoms with Crippen molar-refractivity contribution in [1.29, 1.82) is 0 Å². The molecule has 44 heavy (non-hydrogen) atoms. The molecule has 1 aromatic carbocycles. The Morgan fingerprint density at radius 3 is 2.27 bits per heavy atom. The zero-order valence-corrected chi connectivity index (χ0v) is 26.7. The lowest BCUT2D eigenvalue weighted by Crippen LogP contribution is -2.69. The van der Waals surface area contributed by atoms with Crippen LogP contribution >= 0.6 is 0 Å². The van der Waals surface area contributed by atoms with Crippen LogP contribution in [-0.4, -0.2) is 49.2 Å². The highest BCUT2D eigenvalue weighted by molar-refractivity contribution is 6.24. The van der Waals surface area contributed by atoms with Crippen molar-refractivity contribution < 1.29 is 39.6 Å². The first kappa shape index (κ1) is 31.6. The SMILES string of the molecule is CC(=O)C1=C(O)[C@]2(O)C(=O)C3=C(O)c4c(O)ccc(C5=CC=CC5C(=O)CC(C)(C)C)c4C[C@]3(C)C[C@]2(C)C(C(C)C)C1=O. The van der Waals surface area contributed by atoms with Crippen LogP contribution in [0.3, 0.4) is 0 Å². The monoisotopic (exact) mass is 602 g/mol. The van der Waals surface area contributed by atoms with Crippen LogP contribution in [0.1, 0.15) is 84.9 Å². The summed E-state index contributed by atoms with van der Waals surface area (Å²) in [4.78, 5) is 54.2. The summed E-state index contributed by atoms with van der Waals surface area (Å²) in [6.07, 6.45) is 6.00. The molecule has 4 aliphatic rings. The van der Waals surface area contributed by atoms with E-state index in [1.165, 1.54) is 6.07 Å². The summed E-state index contributed by atoms with van der Waals surface area (Å²) in [7, 11) is 0. The Kier molecular flexibility index (Phi) is 7.09. The fourth-order valence-corrected chi connectivity index (χ4v) is 8.64. The number of carbonyl (C=O) groups excluding carboxylic acids is 4. The maximum Gasteiger partial charge on any atom is 0.203 e. The van der Waals surface area contributed by atoms with Crippen molar-refractivity contribution in [2.75, 3.05) is 0 Å². The molecule has 0 amide bonds. The van der Waals surface area contributed by atoms with E-state index in [9.17, 15) is 39.6 Å². The first-order valence-electron chi connectivity index (χ1n) is 15.2. The number of allylic oxidation sites excluding steroid dienone is 5. The van der Waals surface area contributed by atoms with Crippen LogP contribution < -0.4 is 0 Å². The molecule has 234 valence electrons. The summed E-state index contributed by atoms with van der Waals surface area (Å²) in [5, 5.41) is 46.4. The number of aromatic hydroxyl groups is 1. The van der Waals surface area contributed by atoms with Crippen LogP contribution in [0.25, 0.3) is 11.3 Å².